The Bertz CT molecular complexity index is 934. The fraction of sp³-hybridized carbons (Fsp3) is 0.741. The molecule has 1 saturated heterocycles. The third kappa shape index (κ3) is 7.20. The van der Waals surface area contributed by atoms with Gasteiger partial charge in [0.15, 0.2) is 0 Å². The predicted molar refractivity (Wildman–Crippen MR) is 130 cm³/mol. The number of alkyl halides is 3. The molecular formula is C27H38F3N3O3. The highest BCUT2D eigenvalue weighted by atomic mass is 19.3. The molecule has 1 amide bonds. The summed E-state index contributed by atoms with van der Waals surface area (Å²) in [6.45, 7) is 1.26. The van der Waals surface area contributed by atoms with E-state index in [0.29, 0.717) is 38.8 Å². The van der Waals surface area contributed by atoms with E-state index in [0.717, 1.165) is 30.7 Å². The second-order valence-corrected chi connectivity index (χ2v) is 11.0. The molecule has 1 aromatic heterocycles. The predicted octanol–water partition coefficient (Wildman–Crippen LogP) is 4.48. The quantitative estimate of drug-likeness (QED) is 0.513. The summed E-state index contributed by atoms with van der Waals surface area (Å²) in [5.74, 6) is -4.97. The molecule has 6 nitrogen and oxygen atoms in total. The lowest BCUT2D eigenvalue weighted by Gasteiger charge is -2.38. The molecule has 1 aromatic rings. The van der Waals surface area contributed by atoms with Crippen LogP contribution in [-0.4, -0.2) is 64.1 Å². The van der Waals surface area contributed by atoms with Gasteiger partial charge in [0.2, 0.25) is 11.8 Å². The SMILES string of the molecule is O=C(N[C@@H](CCN1CCC[C@](F)(CCc2ccc3c(n2)CCCC3)C1)C(=O)O)C1CCC(F)(F)CC1. The molecule has 4 rings (SSSR count). The lowest BCUT2D eigenvalue weighted by atomic mass is 9.86. The summed E-state index contributed by atoms with van der Waals surface area (Å²) < 4.78 is 42.5. The van der Waals surface area contributed by atoms with Crippen LogP contribution in [0.2, 0.25) is 0 Å². The van der Waals surface area contributed by atoms with E-state index in [9.17, 15) is 23.5 Å². The summed E-state index contributed by atoms with van der Waals surface area (Å²) in [6.07, 6.45) is 6.08. The minimum absolute atomic E-state index is 0.0563. The molecule has 2 heterocycles. The number of aliphatic carboxylic acids is 1. The zero-order chi connectivity index (χ0) is 25.8. The molecule has 36 heavy (non-hydrogen) atoms. The van der Waals surface area contributed by atoms with E-state index >= 15 is 4.39 Å². The standard InChI is InChI=1S/C27H38F3N3O3/c28-26(13-10-21-7-6-19-4-1-2-5-22(19)31-21)12-3-16-33(18-26)17-11-23(25(35)36)32-24(34)20-8-14-27(29,30)15-9-20/h6-7,20,23H,1-5,8-18H2,(H,32,34)(H,35,36)/t23-,26-/m0/s1. The first-order chi connectivity index (χ1) is 17.1. The number of nitrogens with zero attached hydrogens (tertiary/aromatic N) is 2. The van der Waals surface area contributed by atoms with Gasteiger partial charge in [-0.15, -0.1) is 0 Å². The number of rotatable bonds is 9. The molecule has 0 radical (unpaired) electrons. The average molecular weight is 510 g/mol. The van der Waals surface area contributed by atoms with Crippen LogP contribution in [0.25, 0.3) is 0 Å². The van der Waals surface area contributed by atoms with E-state index in [4.69, 9.17) is 4.98 Å². The normalized spacial score (nSPS) is 25.6. The second kappa shape index (κ2) is 11.5. The van der Waals surface area contributed by atoms with E-state index in [1.807, 2.05) is 11.0 Å². The van der Waals surface area contributed by atoms with Gasteiger partial charge in [-0.25, -0.2) is 18.0 Å². The van der Waals surface area contributed by atoms with Gasteiger partial charge in [-0.3, -0.25) is 9.78 Å². The molecule has 2 atom stereocenters. The smallest absolute Gasteiger partial charge is 0.326 e. The number of carbonyl (C=O) groups is 2. The van der Waals surface area contributed by atoms with Gasteiger partial charge in [0, 0.05) is 43.2 Å². The number of nitrogens with one attached hydrogen (secondary N) is 1. The number of carbonyl (C=O) groups excluding carboxylic acids is 1. The van der Waals surface area contributed by atoms with Crippen LogP contribution in [0.3, 0.4) is 0 Å². The summed E-state index contributed by atoms with van der Waals surface area (Å²) in [6, 6.07) is 3.03. The fourth-order valence-corrected chi connectivity index (χ4v) is 5.85. The van der Waals surface area contributed by atoms with Crippen LogP contribution in [0.4, 0.5) is 13.2 Å². The number of likely N-dealkylation sites (tertiary alicyclic amines) is 1. The highest BCUT2D eigenvalue weighted by Crippen LogP contribution is 2.36. The molecular weight excluding hydrogens is 471 g/mol. The number of pyridine rings is 1. The van der Waals surface area contributed by atoms with Crippen molar-refractivity contribution in [3.63, 3.8) is 0 Å². The van der Waals surface area contributed by atoms with E-state index in [2.05, 4.69) is 11.4 Å². The lowest BCUT2D eigenvalue weighted by Crippen LogP contribution is -2.49. The van der Waals surface area contributed by atoms with Gasteiger partial charge in [0.05, 0.1) is 0 Å². The van der Waals surface area contributed by atoms with Crippen LogP contribution in [0.1, 0.15) is 81.2 Å². The Hall–Kier alpha value is -2.16. The summed E-state index contributed by atoms with van der Waals surface area (Å²) in [7, 11) is 0. The van der Waals surface area contributed by atoms with E-state index in [-0.39, 0.29) is 38.6 Å². The molecule has 2 aliphatic carbocycles. The minimum Gasteiger partial charge on any atom is -0.480 e. The van der Waals surface area contributed by atoms with Crippen LogP contribution in [0.15, 0.2) is 12.1 Å². The van der Waals surface area contributed by atoms with Crippen molar-refractivity contribution in [1.29, 1.82) is 0 Å². The van der Waals surface area contributed by atoms with Gasteiger partial charge in [-0.2, -0.15) is 0 Å². The molecule has 0 aromatic carbocycles. The maximum atomic E-state index is 15.7. The van der Waals surface area contributed by atoms with Crippen molar-refractivity contribution >= 4 is 11.9 Å². The van der Waals surface area contributed by atoms with Crippen molar-refractivity contribution in [3.05, 3.63) is 29.1 Å². The molecule has 1 aliphatic heterocycles. The van der Waals surface area contributed by atoms with Gasteiger partial charge in [0.1, 0.15) is 11.7 Å². The molecule has 2 N–H and O–H groups in total. The zero-order valence-electron chi connectivity index (χ0n) is 20.9. The van der Waals surface area contributed by atoms with Crippen molar-refractivity contribution in [2.45, 2.75) is 101 Å². The van der Waals surface area contributed by atoms with Crippen LogP contribution in [-0.2, 0) is 28.9 Å². The Balaban J connectivity index is 1.25. The van der Waals surface area contributed by atoms with Crippen LogP contribution in [0, 0.1) is 5.92 Å². The number of hydrogen-bond acceptors (Lipinski definition) is 4. The topological polar surface area (TPSA) is 82.5 Å². The molecule has 0 spiro atoms. The van der Waals surface area contributed by atoms with Gasteiger partial charge in [-0.1, -0.05) is 6.07 Å². The number of aryl methyl sites for hydroxylation is 3. The molecule has 200 valence electrons. The Morgan fingerprint density at radius 1 is 1.11 bits per heavy atom. The number of fused-ring (bicyclic) bond motifs is 1. The molecule has 0 bridgehead atoms. The maximum absolute atomic E-state index is 15.7. The van der Waals surface area contributed by atoms with Gasteiger partial charge in [0.25, 0.3) is 0 Å². The van der Waals surface area contributed by atoms with E-state index in [1.165, 1.54) is 12.0 Å². The highest BCUT2D eigenvalue weighted by Gasteiger charge is 2.39. The lowest BCUT2D eigenvalue weighted by molar-refractivity contribution is -0.143. The number of piperidine rings is 1. The van der Waals surface area contributed by atoms with Crippen molar-refractivity contribution in [1.82, 2.24) is 15.2 Å². The second-order valence-electron chi connectivity index (χ2n) is 11.0. The molecule has 9 heteroatoms. The van der Waals surface area contributed by atoms with Crippen LogP contribution < -0.4 is 5.32 Å². The Kier molecular flexibility index (Phi) is 8.58. The maximum Gasteiger partial charge on any atom is 0.326 e. The van der Waals surface area contributed by atoms with Crippen molar-refractivity contribution in [2.75, 3.05) is 19.6 Å². The van der Waals surface area contributed by atoms with Crippen LogP contribution in [0.5, 0.6) is 0 Å². The average Bonchev–Trinajstić information content (AvgIpc) is 2.85. The monoisotopic (exact) mass is 509 g/mol. The molecule has 3 aliphatic rings. The number of aromatic nitrogens is 1. The Labute approximate surface area is 211 Å². The van der Waals surface area contributed by atoms with E-state index < -0.39 is 35.4 Å². The van der Waals surface area contributed by atoms with Crippen molar-refractivity contribution in [2.24, 2.45) is 5.92 Å². The van der Waals surface area contributed by atoms with E-state index in [1.54, 1.807) is 0 Å². The van der Waals surface area contributed by atoms with Gasteiger partial charge in [-0.05, 0) is 88.8 Å². The largest absolute Gasteiger partial charge is 0.480 e. The van der Waals surface area contributed by atoms with Crippen molar-refractivity contribution in [3.8, 4) is 0 Å². The summed E-state index contributed by atoms with van der Waals surface area (Å²) in [5.41, 5.74) is 2.04. The summed E-state index contributed by atoms with van der Waals surface area (Å²) in [4.78, 5) is 30.9. The number of carboxylic acids is 1. The number of carboxylic acid groups (broad SMARTS) is 1. The number of halogens is 3. The Morgan fingerprint density at radius 2 is 1.86 bits per heavy atom. The zero-order valence-corrected chi connectivity index (χ0v) is 20.9. The highest BCUT2D eigenvalue weighted by molar-refractivity contribution is 5.85. The summed E-state index contributed by atoms with van der Waals surface area (Å²) in [5, 5.41) is 12.1. The fourth-order valence-electron chi connectivity index (χ4n) is 5.85. The first-order valence-electron chi connectivity index (χ1n) is 13.4. The third-order valence-electron chi connectivity index (χ3n) is 8.11. The first kappa shape index (κ1) is 26.9. The molecule has 0 unspecified atom stereocenters. The third-order valence-corrected chi connectivity index (χ3v) is 8.11. The van der Waals surface area contributed by atoms with Crippen molar-refractivity contribution < 1.29 is 27.9 Å². The van der Waals surface area contributed by atoms with Gasteiger partial charge >= 0.3 is 5.97 Å². The first-order valence-corrected chi connectivity index (χ1v) is 13.4. The minimum atomic E-state index is -2.74. The number of amides is 1. The number of hydrogen-bond donors (Lipinski definition) is 2. The molecule has 1 saturated carbocycles. The Morgan fingerprint density at radius 3 is 2.61 bits per heavy atom. The van der Waals surface area contributed by atoms with Crippen LogP contribution >= 0.6 is 0 Å². The molecule has 2 fully saturated rings. The van der Waals surface area contributed by atoms with Gasteiger partial charge < -0.3 is 15.3 Å². The summed E-state index contributed by atoms with van der Waals surface area (Å²) >= 11 is 0.